The van der Waals surface area contributed by atoms with E-state index in [4.69, 9.17) is 33.0 Å². The lowest BCUT2D eigenvalue weighted by atomic mass is 9.78. The molecule has 2 aromatic heterocycles. The number of hydrogen-bond acceptors (Lipinski definition) is 6. The molecule has 8 nitrogen and oxygen atoms in total. The number of aliphatic hydroxyl groups is 1. The quantitative estimate of drug-likeness (QED) is 0.493. The fourth-order valence-corrected chi connectivity index (χ4v) is 3.79. The molecule has 1 aromatic carbocycles. The number of alkyl halides is 3. The van der Waals surface area contributed by atoms with Gasteiger partial charge in [0.2, 0.25) is 11.4 Å². The molecule has 13 heteroatoms. The van der Waals surface area contributed by atoms with E-state index in [1.54, 1.807) is 0 Å². The minimum absolute atomic E-state index is 0.0855. The van der Waals surface area contributed by atoms with E-state index in [2.05, 4.69) is 9.97 Å². The lowest BCUT2D eigenvalue weighted by Crippen LogP contribution is -2.47. The summed E-state index contributed by atoms with van der Waals surface area (Å²) in [5.41, 5.74) is -4.99. The first-order chi connectivity index (χ1) is 15.8. The Kier molecular flexibility index (Phi) is 6.92. The van der Waals surface area contributed by atoms with E-state index in [0.717, 1.165) is 42.2 Å². The molecule has 0 radical (unpaired) electrons. The number of hydrogen-bond donors (Lipinski definition) is 2. The van der Waals surface area contributed by atoms with Gasteiger partial charge >= 0.3 is 12.1 Å². The number of ether oxygens (including phenoxy) is 1. The van der Waals surface area contributed by atoms with Crippen LogP contribution >= 0.6 is 23.2 Å². The van der Waals surface area contributed by atoms with Gasteiger partial charge in [-0.2, -0.15) is 13.2 Å². The van der Waals surface area contributed by atoms with E-state index >= 15 is 0 Å². The third-order valence-corrected chi connectivity index (χ3v) is 6.07. The largest absolute Gasteiger partial charge is 0.476 e. The summed E-state index contributed by atoms with van der Waals surface area (Å²) in [6.45, 7) is 1.12. The normalized spacial score (nSPS) is 14.4. The zero-order valence-corrected chi connectivity index (χ0v) is 19.0. The number of aryl methyl sites for hydroxylation is 1. The minimum atomic E-state index is -5.14. The number of halogens is 5. The van der Waals surface area contributed by atoms with E-state index in [9.17, 15) is 27.9 Å². The van der Waals surface area contributed by atoms with Gasteiger partial charge in [-0.3, -0.25) is 4.79 Å². The number of aromatic nitrogens is 3. The van der Waals surface area contributed by atoms with Crippen LogP contribution in [-0.4, -0.2) is 36.9 Å². The van der Waals surface area contributed by atoms with Crippen LogP contribution in [0.25, 0.3) is 0 Å². The summed E-state index contributed by atoms with van der Waals surface area (Å²) in [5.74, 6) is -3.17. The minimum Gasteiger partial charge on any atom is -0.476 e. The number of carboxylic acid groups (broad SMARTS) is 1. The fourth-order valence-electron chi connectivity index (χ4n) is 3.26. The molecule has 0 fully saturated rings. The summed E-state index contributed by atoms with van der Waals surface area (Å²) in [6, 6.07) is 4.25. The Morgan fingerprint density at radius 1 is 1.12 bits per heavy atom. The van der Waals surface area contributed by atoms with Crippen LogP contribution in [0.5, 0.6) is 11.6 Å². The Hall–Kier alpha value is -3.15. The van der Waals surface area contributed by atoms with Crippen molar-refractivity contribution in [3.63, 3.8) is 0 Å². The Morgan fingerprint density at radius 3 is 2.32 bits per heavy atom. The number of carbonyl (C=O) groups is 1. The van der Waals surface area contributed by atoms with E-state index in [-0.39, 0.29) is 32.9 Å². The molecule has 2 heterocycles. The SMILES string of the molecule is C[C@H](c1ccc(Oc2cnc(C(=O)O)cn2)c(Cl)c1Cl)[C@@](O)(c1ccc(=O)n(C)c1)C(F)(F)F. The zero-order chi connectivity index (χ0) is 25.4. The summed E-state index contributed by atoms with van der Waals surface area (Å²) in [7, 11) is 1.26. The maximum absolute atomic E-state index is 14.2. The first-order valence-corrected chi connectivity index (χ1v) is 10.2. The summed E-state index contributed by atoms with van der Waals surface area (Å²) in [5, 5.41) is 19.2. The molecule has 0 unspecified atom stereocenters. The monoisotopic (exact) mass is 517 g/mol. The van der Waals surface area contributed by atoms with Gasteiger partial charge in [0.15, 0.2) is 11.3 Å². The van der Waals surface area contributed by atoms with Gasteiger partial charge in [0.1, 0.15) is 10.8 Å². The van der Waals surface area contributed by atoms with Gasteiger partial charge in [0.25, 0.3) is 0 Å². The molecule has 3 aromatic rings. The standard InChI is InChI=1S/C21H16Cl2F3N3O5/c1-10(20(33,21(24,25)26)11-3-6-16(30)29(2)9-11)12-4-5-14(18(23)17(12)22)34-15-8-27-13(7-28-15)19(31)32/h3-10,33H,1-2H3,(H,31,32)/t10-,20-/m1/s1. The Balaban J connectivity index is 2.02. The molecule has 0 bridgehead atoms. The maximum atomic E-state index is 14.2. The number of benzene rings is 1. The average Bonchev–Trinajstić information content (AvgIpc) is 2.77. The van der Waals surface area contributed by atoms with Gasteiger partial charge in [-0.25, -0.2) is 14.8 Å². The number of carboxylic acids is 1. The van der Waals surface area contributed by atoms with Crippen molar-refractivity contribution >= 4 is 29.2 Å². The molecule has 34 heavy (non-hydrogen) atoms. The van der Waals surface area contributed by atoms with Crippen LogP contribution in [-0.2, 0) is 12.6 Å². The summed E-state index contributed by atoms with van der Waals surface area (Å²) in [6.07, 6.45) is -2.28. The number of pyridine rings is 1. The molecular formula is C21H16Cl2F3N3O5. The Bertz CT molecular complexity index is 1300. The molecule has 2 N–H and O–H groups in total. The highest BCUT2D eigenvalue weighted by Gasteiger charge is 2.59. The first-order valence-electron chi connectivity index (χ1n) is 9.44. The highest BCUT2D eigenvalue weighted by Crippen LogP contribution is 2.51. The van der Waals surface area contributed by atoms with Crippen molar-refractivity contribution in [1.29, 1.82) is 0 Å². The highest BCUT2D eigenvalue weighted by molar-refractivity contribution is 6.43. The van der Waals surface area contributed by atoms with E-state index in [0.29, 0.717) is 0 Å². The van der Waals surface area contributed by atoms with Crippen LogP contribution in [0.15, 0.2) is 47.7 Å². The van der Waals surface area contributed by atoms with E-state index in [1.807, 2.05) is 0 Å². The molecule has 0 aliphatic heterocycles. The molecular weight excluding hydrogens is 502 g/mol. The molecule has 2 atom stereocenters. The second kappa shape index (κ2) is 9.24. The predicted molar refractivity (Wildman–Crippen MR) is 116 cm³/mol. The van der Waals surface area contributed by atoms with Crippen LogP contribution in [0.2, 0.25) is 10.0 Å². The van der Waals surface area contributed by atoms with Crippen LogP contribution in [0, 0.1) is 0 Å². The van der Waals surface area contributed by atoms with Gasteiger partial charge in [-0.15, -0.1) is 0 Å². The van der Waals surface area contributed by atoms with Gasteiger partial charge in [0, 0.05) is 30.8 Å². The summed E-state index contributed by atoms with van der Waals surface area (Å²) in [4.78, 5) is 29.9. The summed E-state index contributed by atoms with van der Waals surface area (Å²) >= 11 is 12.5. The molecule has 0 spiro atoms. The van der Waals surface area contributed by atoms with Crippen LogP contribution in [0.3, 0.4) is 0 Å². The fraction of sp³-hybridized carbons (Fsp3) is 0.238. The van der Waals surface area contributed by atoms with Crippen molar-refractivity contribution in [2.24, 2.45) is 7.05 Å². The molecule has 0 saturated carbocycles. The van der Waals surface area contributed by atoms with Crippen molar-refractivity contribution in [3.05, 3.63) is 80.1 Å². The second-order valence-electron chi connectivity index (χ2n) is 7.28. The topological polar surface area (TPSA) is 115 Å². The third-order valence-electron chi connectivity index (χ3n) is 5.19. The smallest absolute Gasteiger partial charge is 0.422 e. The van der Waals surface area contributed by atoms with Crippen molar-refractivity contribution in [2.45, 2.75) is 24.6 Å². The molecule has 0 aliphatic rings. The van der Waals surface area contributed by atoms with Crippen LogP contribution in [0.4, 0.5) is 13.2 Å². The number of nitrogens with zero attached hydrogens (tertiary/aromatic N) is 3. The first kappa shape index (κ1) is 25.5. The Morgan fingerprint density at radius 2 is 1.79 bits per heavy atom. The van der Waals surface area contributed by atoms with Crippen molar-refractivity contribution < 1.29 is 32.9 Å². The molecule has 180 valence electrons. The van der Waals surface area contributed by atoms with Crippen LogP contribution < -0.4 is 10.3 Å². The molecule has 0 amide bonds. The lowest BCUT2D eigenvalue weighted by Gasteiger charge is -2.37. The summed E-state index contributed by atoms with van der Waals surface area (Å²) < 4.78 is 48.8. The van der Waals surface area contributed by atoms with E-state index in [1.165, 1.54) is 19.2 Å². The molecule has 0 aliphatic carbocycles. The van der Waals surface area contributed by atoms with Crippen molar-refractivity contribution in [3.8, 4) is 11.6 Å². The lowest BCUT2D eigenvalue weighted by molar-refractivity contribution is -0.274. The number of aromatic carboxylic acids is 1. The average molecular weight is 518 g/mol. The van der Waals surface area contributed by atoms with Gasteiger partial charge in [-0.1, -0.05) is 36.2 Å². The van der Waals surface area contributed by atoms with Gasteiger partial charge in [-0.05, 0) is 17.7 Å². The van der Waals surface area contributed by atoms with Crippen LogP contribution in [0.1, 0.15) is 34.5 Å². The van der Waals surface area contributed by atoms with Crippen molar-refractivity contribution in [2.75, 3.05) is 0 Å². The highest BCUT2D eigenvalue weighted by atomic mass is 35.5. The van der Waals surface area contributed by atoms with Gasteiger partial charge < -0.3 is 19.5 Å². The molecule has 0 saturated heterocycles. The van der Waals surface area contributed by atoms with E-state index < -0.39 is 34.8 Å². The maximum Gasteiger partial charge on any atom is 0.422 e. The van der Waals surface area contributed by atoms with Gasteiger partial charge in [0.05, 0.1) is 17.4 Å². The predicted octanol–water partition coefficient (Wildman–Crippen LogP) is 4.53. The Labute approximate surface area is 200 Å². The second-order valence-corrected chi connectivity index (χ2v) is 8.04. The van der Waals surface area contributed by atoms with Crippen molar-refractivity contribution in [1.82, 2.24) is 14.5 Å². The molecule has 3 rings (SSSR count). The zero-order valence-electron chi connectivity index (χ0n) is 17.5. The third kappa shape index (κ3) is 4.59. The number of rotatable bonds is 6.